The Labute approximate surface area is 160 Å². The monoisotopic (exact) mass is 397 g/mol. The quantitative estimate of drug-likeness (QED) is 0.527. The lowest BCUT2D eigenvalue weighted by Crippen LogP contribution is -2.30. The molecule has 1 heterocycles. The fourth-order valence-electron chi connectivity index (χ4n) is 2.22. The van der Waals surface area contributed by atoms with Crippen LogP contribution in [-0.2, 0) is 21.7 Å². The largest absolute Gasteiger partial charge is 0.461 e. The van der Waals surface area contributed by atoms with Gasteiger partial charge in [0, 0.05) is 11.3 Å². The van der Waals surface area contributed by atoms with E-state index in [0.29, 0.717) is 6.42 Å². The molecule has 6 nitrogen and oxygen atoms in total. The van der Waals surface area contributed by atoms with Crippen LogP contribution in [0.1, 0.15) is 45.0 Å². The Bertz CT molecular complexity index is 887. The average Bonchev–Trinajstić information content (AvgIpc) is 2.61. The maximum absolute atomic E-state index is 13.9. The number of carbonyl (C=O) groups excluding carboxylic acids is 1. The predicted molar refractivity (Wildman–Crippen MR) is 97.5 cm³/mol. The molecule has 146 valence electrons. The van der Waals surface area contributed by atoms with Crippen molar-refractivity contribution in [3.8, 4) is 0 Å². The molecule has 0 radical (unpaired) electrons. The number of aryl methyl sites for hydroxylation is 1. The van der Waals surface area contributed by atoms with E-state index >= 15 is 0 Å². The van der Waals surface area contributed by atoms with Gasteiger partial charge in [0.25, 0.3) is 5.56 Å². The van der Waals surface area contributed by atoms with Gasteiger partial charge in [0.05, 0.1) is 6.10 Å². The van der Waals surface area contributed by atoms with Crippen LogP contribution in [0.3, 0.4) is 0 Å². The molecule has 1 aromatic heterocycles. The minimum atomic E-state index is -0.954. The lowest BCUT2D eigenvalue weighted by molar-refractivity contribution is -0.151. The third-order valence-electron chi connectivity index (χ3n) is 3.65. The first-order valence-electron chi connectivity index (χ1n) is 8.50. The van der Waals surface area contributed by atoms with Crippen LogP contribution >= 0.6 is 11.8 Å². The van der Waals surface area contributed by atoms with E-state index < -0.39 is 29.2 Å². The summed E-state index contributed by atoms with van der Waals surface area (Å²) in [4.78, 5) is 28.3. The molecule has 0 saturated heterocycles. The van der Waals surface area contributed by atoms with Crippen LogP contribution in [0.4, 0.5) is 8.78 Å². The van der Waals surface area contributed by atoms with Gasteiger partial charge in [-0.25, -0.2) is 18.3 Å². The molecule has 1 atom stereocenters. The lowest BCUT2D eigenvalue weighted by atomic mass is 10.2. The summed E-state index contributed by atoms with van der Waals surface area (Å²) in [6.45, 7) is 6.78. The third-order valence-corrected chi connectivity index (χ3v) is 4.64. The van der Waals surface area contributed by atoms with Crippen molar-refractivity contribution >= 4 is 17.7 Å². The number of benzene rings is 1. The van der Waals surface area contributed by atoms with Crippen molar-refractivity contribution in [2.75, 3.05) is 0 Å². The van der Waals surface area contributed by atoms with E-state index in [9.17, 15) is 18.4 Å². The predicted octanol–water partition coefficient (Wildman–Crippen LogP) is 3.28. The second-order valence-corrected chi connectivity index (χ2v) is 7.05. The fraction of sp³-hybridized carbons (Fsp3) is 0.444. The van der Waals surface area contributed by atoms with E-state index in [1.807, 2.05) is 0 Å². The fourth-order valence-corrected chi connectivity index (χ4v) is 3.21. The Hall–Kier alpha value is -2.29. The third kappa shape index (κ3) is 5.12. The van der Waals surface area contributed by atoms with Gasteiger partial charge >= 0.3 is 5.97 Å². The van der Waals surface area contributed by atoms with E-state index in [-0.39, 0.29) is 28.3 Å². The van der Waals surface area contributed by atoms with Gasteiger partial charge in [0.15, 0.2) is 16.8 Å². The van der Waals surface area contributed by atoms with Crippen LogP contribution in [0.5, 0.6) is 0 Å². The average molecular weight is 397 g/mol. The van der Waals surface area contributed by atoms with Crippen LogP contribution in [-0.4, -0.2) is 26.8 Å². The van der Waals surface area contributed by atoms with Gasteiger partial charge in [-0.05, 0) is 33.3 Å². The molecule has 1 unspecified atom stereocenters. The summed E-state index contributed by atoms with van der Waals surface area (Å²) in [5.41, 5.74) is -0.182. The summed E-state index contributed by atoms with van der Waals surface area (Å²) in [5, 5.41) is 4.36. The molecule has 27 heavy (non-hydrogen) atoms. The Morgan fingerprint density at radius 3 is 2.63 bits per heavy atom. The number of hydrogen-bond donors (Lipinski definition) is 0. The first-order chi connectivity index (χ1) is 12.7. The molecule has 0 aliphatic heterocycles. The lowest BCUT2D eigenvalue weighted by Gasteiger charge is -2.19. The zero-order chi connectivity index (χ0) is 20.1. The zero-order valence-electron chi connectivity index (χ0n) is 15.5. The van der Waals surface area contributed by atoms with Gasteiger partial charge in [-0.1, -0.05) is 30.8 Å². The van der Waals surface area contributed by atoms with E-state index in [2.05, 4.69) is 10.1 Å². The van der Waals surface area contributed by atoms with Crippen LogP contribution in [0.2, 0.25) is 0 Å². The number of ether oxygens (including phenoxy) is 1. The first-order valence-corrected chi connectivity index (χ1v) is 9.49. The van der Waals surface area contributed by atoms with Crippen molar-refractivity contribution in [3.05, 3.63) is 51.4 Å². The van der Waals surface area contributed by atoms with Crippen molar-refractivity contribution in [2.24, 2.45) is 0 Å². The zero-order valence-corrected chi connectivity index (χ0v) is 16.3. The molecule has 2 aromatic rings. The molecule has 9 heteroatoms. The summed E-state index contributed by atoms with van der Waals surface area (Å²) >= 11 is 0.996. The number of carbonyl (C=O) groups is 1. The molecule has 0 amide bonds. The first kappa shape index (κ1) is 21.0. The number of aromatic nitrogens is 3. The topological polar surface area (TPSA) is 74.1 Å². The normalized spacial score (nSPS) is 12.3. The molecular weight excluding hydrogens is 376 g/mol. The minimum Gasteiger partial charge on any atom is -0.461 e. The number of hydrogen-bond acceptors (Lipinski definition) is 6. The molecule has 0 bridgehead atoms. The molecule has 0 saturated carbocycles. The molecular formula is C18H21F2N3O3S. The SMILES string of the molecule is CCc1nn(C(C)C(=O)OC(C)C)c(SCc2cccc(F)c2F)nc1=O. The smallest absolute Gasteiger partial charge is 0.331 e. The molecule has 0 spiro atoms. The van der Waals surface area contributed by atoms with Crippen LogP contribution in [0.25, 0.3) is 0 Å². The van der Waals surface area contributed by atoms with Crippen LogP contribution < -0.4 is 5.56 Å². The van der Waals surface area contributed by atoms with Crippen LogP contribution in [0, 0.1) is 11.6 Å². The van der Waals surface area contributed by atoms with Gasteiger partial charge < -0.3 is 4.74 Å². The van der Waals surface area contributed by atoms with Crippen molar-refractivity contribution in [1.82, 2.24) is 14.8 Å². The van der Waals surface area contributed by atoms with E-state index in [1.54, 1.807) is 27.7 Å². The number of esters is 1. The number of nitrogens with zero attached hydrogens (tertiary/aromatic N) is 3. The molecule has 0 aliphatic rings. The summed E-state index contributed by atoms with van der Waals surface area (Å²) in [6.07, 6.45) is 0.0387. The molecule has 0 N–H and O–H groups in total. The standard InChI is InChI=1S/C18H21F2N3O3S/c1-5-14-16(24)21-18(23(22-14)11(4)17(25)26-10(2)3)27-9-12-7-6-8-13(19)15(12)20/h6-8,10-11H,5,9H2,1-4H3. The highest BCUT2D eigenvalue weighted by Crippen LogP contribution is 2.25. The Morgan fingerprint density at radius 2 is 2.00 bits per heavy atom. The highest BCUT2D eigenvalue weighted by atomic mass is 32.2. The second-order valence-electron chi connectivity index (χ2n) is 6.11. The molecule has 2 rings (SSSR count). The van der Waals surface area contributed by atoms with Crippen LogP contribution in [0.15, 0.2) is 28.2 Å². The molecule has 0 fully saturated rings. The van der Waals surface area contributed by atoms with Gasteiger partial charge in [0.1, 0.15) is 11.7 Å². The maximum atomic E-state index is 13.9. The number of rotatable bonds is 7. The minimum absolute atomic E-state index is 0.0229. The molecule has 0 aliphatic carbocycles. The van der Waals surface area contributed by atoms with E-state index in [4.69, 9.17) is 4.74 Å². The van der Waals surface area contributed by atoms with Gasteiger partial charge in [-0.2, -0.15) is 10.1 Å². The van der Waals surface area contributed by atoms with E-state index in [1.165, 1.54) is 16.8 Å². The van der Waals surface area contributed by atoms with E-state index in [0.717, 1.165) is 17.8 Å². The second kappa shape index (κ2) is 9.07. The van der Waals surface area contributed by atoms with Crippen molar-refractivity contribution in [1.29, 1.82) is 0 Å². The van der Waals surface area contributed by atoms with Crippen molar-refractivity contribution in [3.63, 3.8) is 0 Å². The summed E-state index contributed by atoms with van der Waals surface area (Å²) in [7, 11) is 0. The summed E-state index contributed by atoms with van der Waals surface area (Å²) in [6, 6.07) is 3.04. The molecule has 1 aromatic carbocycles. The highest BCUT2D eigenvalue weighted by Gasteiger charge is 2.23. The van der Waals surface area contributed by atoms with Gasteiger partial charge in [0.2, 0.25) is 0 Å². The Morgan fingerprint density at radius 1 is 1.30 bits per heavy atom. The Kier molecular flexibility index (Phi) is 7.06. The maximum Gasteiger partial charge on any atom is 0.331 e. The van der Waals surface area contributed by atoms with Gasteiger partial charge in [-0.3, -0.25) is 4.79 Å². The Balaban J connectivity index is 2.36. The number of thioether (sulfide) groups is 1. The summed E-state index contributed by atoms with van der Waals surface area (Å²) < 4.78 is 33.7. The van der Waals surface area contributed by atoms with Crippen molar-refractivity contribution < 1.29 is 18.3 Å². The highest BCUT2D eigenvalue weighted by molar-refractivity contribution is 7.98. The number of halogens is 2. The van der Waals surface area contributed by atoms with Crippen molar-refractivity contribution in [2.45, 2.75) is 57.2 Å². The van der Waals surface area contributed by atoms with Gasteiger partial charge in [-0.15, -0.1) is 0 Å². The summed E-state index contributed by atoms with van der Waals surface area (Å²) in [5.74, 6) is -2.41.